The van der Waals surface area contributed by atoms with Crippen molar-refractivity contribution < 1.29 is 26.2 Å². The number of nitrogens with one attached hydrogen (secondary N) is 1. The van der Waals surface area contributed by atoms with E-state index in [1.807, 2.05) is 0 Å². The number of carbonyl (C=O) groups is 1. The molecule has 0 spiro atoms. The first-order valence-corrected chi connectivity index (χ1v) is 11.9. The number of hydrogen-bond acceptors (Lipinski definition) is 7. The average Bonchev–Trinajstić information content (AvgIpc) is 3.15. The van der Waals surface area contributed by atoms with Gasteiger partial charge in [0.15, 0.2) is 5.82 Å². The Morgan fingerprint density at radius 3 is 2.35 bits per heavy atom. The standard InChI is InChI=1S/C20H17N3O6S2/c1-13-12-17(22-29-13)21-20(24)18-19(30(25,26)14-8-4-3-5-9-14)15-10-6-7-11-16(15)31(27,28)23(18)2/h3-12H,1-2H3,(H,21,22,24). The van der Waals surface area contributed by atoms with Gasteiger partial charge in [-0.3, -0.25) is 9.10 Å². The minimum Gasteiger partial charge on any atom is -0.360 e. The van der Waals surface area contributed by atoms with Crippen molar-refractivity contribution >= 4 is 36.5 Å². The van der Waals surface area contributed by atoms with Gasteiger partial charge in [-0.25, -0.2) is 16.8 Å². The number of benzene rings is 2. The summed E-state index contributed by atoms with van der Waals surface area (Å²) in [7, 11) is -7.31. The zero-order chi connectivity index (χ0) is 22.4. The molecule has 0 unspecified atom stereocenters. The van der Waals surface area contributed by atoms with Crippen LogP contribution in [-0.2, 0) is 24.7 Å². The monoisotopic (exact) mass is 459 g/mol. The summed E-state index contributed by atoms with van der Waals surface area (Å²) < 4.78 is 58.9. The van der Waals surface area contributed by atoms with Gasteiger partial charge in [-0.1, -0.05) is 41.6 Å². The molecular weight excluding hydrogens is 442 g/mol. The van der Waals surface area contributed by atoms with Gasteiger partial charge in [0.25, 0.3) is 15.9 Å². The molecular formula is C20H17N3O6S2. The molecule has 160 valence electrons. The number of fused-ring (bicyclic) bond motifs is 1. The van der Waals surface area contributed by atoms with Gasteiger partial charge in [0.2, 0.25) is 9.84 Å². The number of hydrogen-bond donors (Lipinski definition) is 1. The zero-order valence-corrected chi connectivity index (χ0v) is 18.1. The van der Waals surface area contributed by atoms with Crippen molar-refractivity contribution in [2.24, 2.45) is 0 Å². The van der Waals surface area contributed by atoms with Gasteiger partial charge in [0, 0.05) is 18.7 Å². The van der Waals surface area contributed by atoms with Gasteiger partial charge in [0.05, 0.1) is 9.79 Å². The van der Waals surface area contributed by atoms with Crippen LogP contribution in [0, 0.1) is 6.92 Å². The number of nitrogens with zero attached hydrogens (tertiary/aromatic N) is 2. The maximum absolute atomic E-state index is 13.6. The molecule has 3 aromatic rings. The van der Waals surface area contributed by atoms with E-state index in [4.69, 9.17) is 4.52 Å². The lowest BCUT2D eigenvalue weighted by Crippen LogP contribution is -2.38. The van der Waals surface area contributed by atoms with Crippen molar-refractivity contribution in [2.45, 2.75) is 16.7 Å². The van der Waals surface area contributed by atoms with Crippen LogP contribution >= 0.6 is 0 Å². The molecule has 2 heterocycles. The van der Waals surface area contributed by atoms with E-state index in [-0.39, 0.29) is 21.2 Å². The Morgan fingerprint density at radius 1 is 1.06 bits per heavy atom. The Kier molecular flexibility index (Phi) is 4.94. The first-order valence-electron chi connectivity index (χ1n) is 9.01. The zero-order valence-electron chi connectivity index (χ0n) is 16.4. The van der Waals surface area contributed by atoms with Crippen molar-refractivity contribution in [3.8, 4) is 0 Å². The van der Waals surface area contributed by atoms with Crippen molar-refractivity contribution in [3.63, 3.8) is 0 Å². The van der Waals surface area contributed by atoms with Gasteiger partial charge in [-0.15, -0.1) is 0 Å². The molecule has 1 N–H and O–H groups in total. The van der Waals surface area contributed by atoms with E-state index in [9.17, 15) is 21.6 Å². The van der Waals surface area contributed by atoms with Gasteiger partial charge >= 0.3 is 0 Å². The average molecular weight is 460 g/mol. The van der Waals surface area contributed by atoms with Crippen LogP contribution in [0.4, 0.5) is 5.82 Å². The summed E-state index contributed by atoms with van der Waals surface area (Å²) in [5, 5.41) is 6.07. The van der Waals surface area contributed by atoms with E-state index in [0.717, 1.165) is 7.05 Å². The third-order valence-corrected chi connectivity index (χ3v) is 8.37. The van der Waals surface area contributed by atoms with E-state index in [0.29, 0.717) is 10.1 Å². The largest absolute Gasteiger partial charge is 0.360 e. The summed E-state index contributed by atoms with van der Waals surface area (Å²) in [6, 6.07) is 14.6. The molecule has 1 amide bonds. The van der Waals surface area contributed by atoms with Crippen molar-refractivity contribution in [1.29, 1.82) is 0 Å². The number of likely N-dealkylation sites (N-methyl/N-ethyl adjacent to an activating group) is 1. The van der Waals surface area contributed by atoms with Gasteiger partial charge in [-0.05, 0) is 25.1 Å². The van der Waals surface area contributed by atoms with Gasteiger partial charge in [0.1, 0.15) is 16.4 Å². The molecule has 0 saturated heterocycles. The second-order valence-electron chi connectivity index (χ2n) is 6.74. The van der Waals surface area contributed by atoms with Crippen LogP contribution in [0.3, 0.4) is 0 Å². The van der Waals surface area contributed by atoms with Crippen molar-refractivity contribution in [2.75, 3.05) is 12.4 Å². The minimum atomic E-state index is -4.27. The Hall–Kier alpha value is -3.44. The molecule has 0 atom stereocenters. The van der Waals surface area contributed by atoms with E-state index in [2.05, 4.69) is 10.5 Å². The van der Waals surface area contributed by atoms with Crippen LogP contribution < -0.4 is 5.32 Å². The predicted octanol–water partition coefficient (Wildman–Crippen LogP) is 2.40. The number of rotatable bonds is 4. The highest BCUT2D eigenvalue weighted by molar-refractivity contribution is 8.01. The summed E-state index contributed by atoms with van der Waals surface area (Å²) in [5.74, 6) is -0.518. The molecule has 0 radical (unpaired) electrons. The molecule has 4 rings (SSSR count). The highest BCUT2D eigenvalue weighted by atomic mass is 32.2. The number of aromatic nitrogens is 1. The van der Waals surface area contributed by atoms with Crippen LogP contribution in [-0.4, -0.2) is 39.3 Å². The fourth-order valence-corrected chi connectivity index (χ4v) is 6.49. The Morgan fingerprint density at radius 2 is 1.71 bits per heavy atom. The number of anilines is 1. The third-order valence-electron chi connectivity index (χ3n) is 4.71. The molecule has 2 aromatic carbocycles. The Labute approximate surface area is 178 Å². The topological polar surface area (TPSA) is 127 Å². The van der Waals surface area contributed by atoms with Crippen LogP contribution in [0.1, 0.15) is 11.3 Å². The first-order chi connectivity index (χ1) is 14.6. The van der Waals surface area contributed by atoms with Crippen molar-refractivity contribution in [3.05, 3.63) is 77.7 Å². The first kappa shape index (κ1) is 20.8. The molecule has 31 heavy (non-hydrogen) atoms. The van der Waals surface area contributed by atoms with Crippen LogP contribution in [0.2, 0.25) is 0 Å². The van der Waals surface area contributed by atoms with E-state index < -0.39 is 36.4 Å². The Balaban J connectivity index is 2.02. The molecule has 0 saturated carbocycles. The summed E-state index contributed by atoms with van der Waals surface area (Å²) in [6.07, 6.45) is 0. The van der Waals surface area contributed by atoms with E-state index in [1.54, 1.807) is 25.1 Å². The second-order valence-corrected chi connectivity index (χ2v) is 10.6. The summed E-state index contributed by atoms with van der Waals surface area (Å²) in [6.45, 7) is 1.61. The normalized spacial score (nSPS) is 15.5. The SMILES string of the molecule is Cc1cc(NC(=O)C2=C(S(=O)(=O)c3ccccc3)c3ccccc3S(=O)(=O)N2C)no1. The quantitative estimate of drug-likeness (QED) is 0.635. The minimum absolute atomic E-state index is 0.0242. The lowest BCUT2D eigenvalue weighted by atomic mass is 10.1. The van der Waals surface area contributed by atoms with E-state index >= 15 is 0 Å². The van der Waals surface area contributed by atoms with Crippen LogP contribution in [0.5, 0.6) is 0 Å². The number of sulfone groups is 1. The Bertz CT molecular complexity index is 1420. The van der Waals surface area contributed by atoms with Crippen LogP contribution in [0.15, 0.2) is 80.7 Å². The molecule has 11 heteroatoms. The maximum atomic E-state index is 13.6. The number of carbonyl (C=O) groups excluding carboxylic acids is 1. The van der Waals surface area contributed by atoms with Gasteiger partial charge < -0.3 is 9.84 Å². The molecule has 9 nitrogen and oxygen atoms in total. The molecule has 0 fully saturated rings. The fraction of sp³-hybridized carbons (Fsp3) is 0.100. The fourth-order valence-electron chi connectivity index (χ4n) is 3.25. The van der Waals surface area contributed by atoms with E-state index in [1.165, 1.54) is 42.5 Å². The van der Waals surface area contributed by atoms with Gasteiger partial charge in [-0.2, -0.15) is 0 Å². The third kappa shape index (κ3) is 3.41. The van der Waals surface area contributed by atoms with Crippen LogP contribution in [0.25, 0.3) is 4.91 Å². The summed E-state index contributed by atoms with van der Waals surface area (Å²) >= 11 is 0. The lowest BCUT2D eigenvalue weighted by Gasteiger charge is -2.30. The molecule has 1 aliphatic heterocycles. The smallest absolute Gasteiger partial charge is 0.275 e. The molecule has 0 aliphatic carbocycles. The highest BCUT2D eigenvalue weighted by Crippen LogP contribution is 2.41. The molecule has 1 aromatic heterocycles. The summed E-state index contributed by atoms with van der Waals surface area (Å²) in [4.78, 5) is 12.5. The second kappa shape index (κ2) is 7.36. The number of amides is 1. The number of aryl methyl sites for hydroxylation is 1. The maximum Gasteiger partial charge on any atom is 0.275 e. The predicted molar refractivity (Wildman–Crippen MR) is 112 cm³/mol. The molecule has 1 aliphatic rings. The lowest BCUT2D eigenvalue weighted by molar-refractivity contribution is -0.113. The molecule has 0 bridgehead atoms. The summed E-state index contributed by atoms with van der Waals surface area (Å²) in [5.41, 5.74) is -0.617. The van der Waals surface area contributed by atoms with Crippen molar-refractivity contribution in [1.82, 2.24) is 9.46 Å². The number of sulfonamides is 1. The highest BCUT2D eigenvalue weighted by Gasteiger charge is 2.42.